The minimum atomic E-state index is -4.23. The van der Waals surface area contributed by atoms with Crippen molar-refractivity contribution in [1.29, 1.82) is 0 Å². The number of anilines is 2. The maximum absolute atomic E-state index is 14.6. The number of aryl methyl sites for hydroxylation is 1. The number of hydrogen-bond donors (Lipinski definition) is 2. The molecule has 0 atom stereocenters. The predicted octanol–water partition coefficient (Wildman–Crippen LogP) is 5.00. The Hall–Kier alpha value is -0.820. The van der Waals surface area contributed by atoms with Gasteiger partial charge in [-0.05, 0) is 94.0 Å². The van der Waals surface area contributed by atoms with Crippen molar-refractivity contribution in [3.63, 3.8) is 0 Å². The number of sulfonamides is 1. The second-order valence-corrected chi connectivity index (χ2v) is 10.00. The van der Waals surface area contributed by atoms with Gasteiger partial charge in [0.05, 0.1) is 16.8 Å². The SMILES string of the molecule is Cc1cc(I)ccc1Nc1c(S(=O)(=O)NOCC2CC2)cc(Br)c(F)c1F. The fourth-order valence-corrected chi connectivity index (χ4v) is 4.56. The van der Waals surface area contributed by atoms with Crippen LogP contribution in [0, 0.1) is 28.0 Å². The largest absolute Gasteiger partial charge is 0.352 e. The summed E-state index contributed by atoms with van der Waals surface area (Å²) in [5, 5.41) is 2.71. The Balaban J connectivity index is 1.99. The van der Waals surface area contributed by atoms with Crippen LogP contribution in [-0.4, -0.2) is 15.0 Å². The first-order chi connectivity index (χ1) is 12.7. The molecule has 27 heavy (non-hydrogen) atoms. The maximum atomic E-state index is 14.6. The van der Waals surface area contributed by atoms with E-state index in [0.717, 1.165) is 28.0 Å². The van der Waals surface area contributed by atoms with E-state index < -0.39 is 32.2 Å². The van der Waals surface area contributed by atoms with Gasteiger partial charge >= 0.3 is 0 Å². The highest BCUT2D eigenvalue weighted by atomic mass is 127. The Bertz CT molecular complexity index is 985. The molecule has 0 unspecified atom stereocenters. The molecule has 0 heterocycles. The number of hydrogen-bond acceptors (Lipinski definition) is 4. The van der Waals surface area contributed by atoms with E-state index in [4.69, 9.17) is 4.84 Å². The summed E-state index contributed by atoms with van der Waals surface area (Å²) in [5.74, 6) is -2.15. The van der Waals surface area contributed by atoms with Crippen molar-refractivity contribution in [3.05, 3.63) is 49.5 Å². The molecule has 146 valence electrons. The first-order valence-electron chi connectivity index (χ1n) is 8.03. The molecular weight excluding hydrogens is 557 g/mol. The highest BCUT2D eigenvalue weighted by Crippen LogP contribution is 2.35. The molecule has 2 aromatic rings. The van der Waals surface area contributed by atoms with E-state index >= 15 is 0 Å². The number of rotatable bonds is 7. The highest BCUT2D eigenvalue weighted by Gasteiger charge is 2.28. The van der Waals surface area contributed by atoms with Crippen LogP contribution < -0.4 is 10.2 Å². The van der Waals surface area contributed by atoms with Gasteiger partial charge in [0.25, 0.3) is 10.0 Å². The van der Waals surface area contributed by atoms with Gasteiger partial charge in [-0.25, -0.2) is 17.2 Å². The van der Waals surface area contributed by atoms with Crippen molar-refractivity contribution in [2.75, 3.05) is 11.9 Å². The lowest BCUT2D eigenvalue weighted by Gasteiger charge is -2.17. The summed E-state index contributed by atoms with van der Waals surface area (Å²) < 4.78 is 54.6. The van der Waals surface area contributed by atoms with E-state index in [1.165, 1.54) is 0 Å². The van der Waals surface area contributed by atoms with Crippen LogP contribution in [0.3, 0.4) is 0 Å². The van der Waals surface area contributed by atoms with Gasteiger partial charge in [-0.2, -0.15) is 0 Å². The van der Waals surface area contributed by atoms with Gasteiger partial charge in [0.2, 0.25) is 0 Å². The lowest BCUT2D eigenvalue weighted by Crippen LogP contribution is -2.26. The van der Waals surface area contributed by atoms with Crippen molar-refractivity contribution < 1.29 is 22.0 Å². The van der Waals surface area contributed by atoms with Gasteiger partial charge in [0.15, 0.2) is 11.6 Å². The summed E-state index contributed by atoms with van der Waals surface area (Å²) in [6.45, 7) is 2.02. The van der Waals surface area contributed by atoms with Crippen molar-refractivity contribution in [3.8, 4) is 0 Å². The van der Waals surface area contributed by atoms with E-state index in [1.807, 2.05) is 11.0 Å². The van der Waals surface area contributed by atoms with Crippen molar-refractivity contribution >= 4 is 59.9 Å². The third-order valence-electron chi connectivity index (χ3n) is 4.05. The lowest BCUT2D eigenvalue weighted by atomic mass is 10.2. The lowest BCUT2D eigenvalue weighted by molar-refractivity contribution is 0.0844. The van der Waals surface area contributed by atoms with E-state index in [0.29, 0.717) is 11.6 Å². The van der Waals surface area contributed by atoms with Crippen molar-refractivity contribution in [2.24, 2.45) is 5.92 Å². The summed E-state index contributed by atoms with van der Waals surface area (Å²) in [4.78, 5) is 6.57. The van der Waals surface area contributed by atoms with Crippen molar-refractivity contribution in [2.45, 2.75) is 24.7 Å². The molecule has 3 rings (SSSR count). The molecular formula is C17H16BrF2IN2O3S. The average molecular weight is 573 g/mol. The second-order valence-electron chi connectivity index (χ2n) is 6.28. The number of nitrogens with one attached hydrogen (secondary N) is 2. The molecule has 0 spiro atoms. The Kier molecular flexibility index (Phi) is 6.41. The molecule has 2 N–H and O–H groups in total. The fraction of sp³-hybridized carbons (Fsp3) is 0.294. The third kappa shape index (κ3) is 4.97. The molecule has 0 radical (unpaired) electrons. The molecule has 0 aromatic heterocycles. The van der Waals surface area contributed by atoms with Crippen LogP contribution in [0.4, 0.5) is 20.2 Å². The second kappa shape index (κ2) is 8.27. The van der Waals surface area contributed by atoms with Crippen LogP contribution in [-0.2, 0) is 14.9 Å². The number of benzene rings is 2. The zero-order valence-corrected chi connectivity index (χ0v) is 18.7. The van der Waals surface area contributed by atoms with Gasteiger partial charge in [0.1, 0.15) is 4.90 Å². The van der Waals surface area contributed by atoms with Crippen LogP contribution in [0.2, 0.25) is 0 Å². The predicted molar refractivity (Wildman–Crippen MR) is 110 cm³/mol. The smallest absolute Gasteiger partial charge is 0.264 e. The van der Waals surface area contributed by atoms with Crippen LogP contribution in [0.25, 0.3) is 0 Å². The molecule has 1 aliphatic carbocycles. The van der Waals surface area contributed by atoms with Crippen LogP contribution >= 0.6 is 38.5 Å². The molecule has 5 nitrogen and oxygen atoms in total. The van der Waals surface area contributed by atoms with E-state index in [1.54, 1.807) is 19.1 Å². The third-order valence-corrected chi connectivity index (χ3v) is 6.53. The molecule has 0 aliphatic heterocycles. The molecule has 1 saturated carbocycles. The van der Waals surface area contributed by atoms with Gasteiger partial charge in [0, 0.05) is 9.26 Å². The molecule has 0 amide bonds. The Morgan fingerprint density at radius 3 is 2.59 bits per heavy atom. The summed E-state index contributed by atoms with van der Waals surface area (Å²) in [7, 11) is -4.23. The normalized spacial score (nSPS) is 14.4. The molecule has 1 aliphatic rings. The van der Waals surface area contributed by atoms with Crippen LogP contribution in [0.15, 0.2) is 33.6 Å². The Morgan fingerprint density at radius 1 is 1.26 bits per heavy atom. The summed E-state index contributed by atoms with van der Waals surface area (Å²) in [6, 6.07) is 6.28. The van der Waals surface area contributed by atoms with Crippen LogP contribution in [0.1, 0.15) is 18.4 Å². The zero-order valence-electron chi connectivity index (χ0n) is 14.2. The van der Waals surface area contributed by atoms with Crippen LogP contribution in [0.5, 0.6) is 0 Å². The van der Waals surface area contributed by atoms with Gasteiger partial charge in [-0.3, -0.25) is 4.84 Å². The standard InChI is InChI=1S/C17H16BrF2IN2O3S/c1-9-6-11(21)4-5-13(9)22-17-14(7-12(18)15(19)16(17)20)27(24,25)23-26-8-10-2-3-10/h4-7,10,22-23H,2-3,8H2,1H3. The van der Waals surface area contributed by atoms with E-state index in [2.05, 4.69) is 43.8 Å². The summed E-state index contributed by atoms with van der Waals surface area (Å²) in [6.07, 6.45) is 1.97. The first kappa shape index (κ1) is 20.9. The average Bonchev–Trinajstić information content (AvgIpc) is 3.41. The van der Waals surface area contributed by atoms with E-state index in [9.17, 15) is 17.2 Å². The monoisotopic (exact) mass is 572 g/mol. The van der Waals surface area contributed by atoms with E-state index in [-0.39, 0.29) is 11.1 Å². The quantitative estimate of drug-likeness (QED) is 0.278. The molecule has 2 aromatic carbocycles. The minimum absolute atomic E-state index is 0.239. The maximum Gasteiger partial charge on any atom is 0.264 e. The van der Waals surface area contributed by atoms with Crippen molar-refractivity contribution in [1.82, 2.24) is 4.89 Å². The van der Waals surface area contributed by atoms with Gasteiger partial charge in [-0.1, -0.05) is 4.89 Å². The topological polar surface area (TPSA) is 67.4 Å². The highest BCUT2D eigenvalue weighted by molar-refractivity contribution is 14.1. The molecule has 0 saturated heterocycles. The summed E-state index contributed by atoms with van der Waals surface area (Å²) in [5.41, 5.74) is 0.736. The molecule has 0 bridgehead atoms. The molecule has 10 heteroatoms. The Morgan fingerprint density at radius 2 is 1.96 bits per heavy atom. The zero-order chi connectivity index (χ0) is 19.8. The fourth-order valence-electron chi connectivity index (χ4n) is 2.36. The minimum Gasteiger partial charge on any atom is -0.352 e. The van der Waals surface area contributed by atoms with Gasteiger partial charge < -0.3 is 5.32 Å². The first-order valence-corrected chi connectivity index (χ1v) is 11.4. The number of halogens is 4. The molecule has 1 fully saturated rings. The van der Waals surface area contributed by atoms with Gasteiger partial charge in [-0.15, -0.1) is 0 Å². The Labute approximate surface area is 178 Å². The summed E-state index contributed by atoms with van der Waals surface area (Å²) >= 11 is 4.98.